The van der Waals surface area contributed by atoms with Crippen LogP contribution in [0.3, 0.4) is 0 Å². The van der Waals surface area contributed by atoms with Crippen LogP contribution in [0.4, 0.5) is 17.2 Å². The number of para-hydroxylation sites is 1. The highest BCUT2D eigenvalue weighted by atomic mass is 16.5. The third-order valence-electron chi connectivity index (χ3n) is 3.84. The third-order valence-corrected chi connectivity index (χ3v) is 3.84. The largest absolute Gasteiger partial charge is 0.465 e. The zero-order valence-corrected chi connectivity index (χ0v) is 15.3. The fraction of sp³-hybridized carbons (Fsp3) is 0.150. The average molecular weight is 364 g/mol. The predicted octanol–water partition coefficient (Wildman–Crippen LogP) is 4.00. The molecule has 3 N–H and O–H groups in total. The molecule has 0 unspecified atom stereocenters. The van der Waals surface area contributed by atoms with Crippen molar-refractivity contribution >= 4 is 23.2 Å². The first-order valence-electron chi connectivity index (χ1n) is 8.29. The van der Waals surface area contributed by atoms with Crippen LogP contribution in [-0.2, 0) is 4.74 Å². The number of ether oxygens (including phenoxy) is 2. The Morgan fingerprint density at radius 3 is 2.48 bits per heavy atom. The molecule has 7 nitrogen and oxygen atoms in total. The monoisotopic (exact) mass is 364 g/mol. The van der Waals surface area contributed by atoms with E-state index in [1.54, 1.807) is 24.3 Å². The lowest BCUT2D eigenvalue weighted by molar-refractivity contribution is 0.0602. The van der Waals surface area contributed by atoms with E-state index in [0.29, 0.717) is 22.8 Å². The second kappa shape index (κ2) is 7.74. The van der Waals surface area contributed by atoms with Gasteiger partial charge in [0.25, 0.3) is 0 Å². The number of carbonyl (C=O) groups excluding carboxylic acids is 1. The van der Waals surface area contributed by atoms with Crippen molar-refractivity contribution in [2.45, 2.75) is 13.8 Å². The van der Waals surface area contributed by atoms with Gasteiger partial charge in [0.15, 0.2) is 5.82 Å². The number of aryl methyl sites for hydroxylation is 2. The van der Waals surface area contributed by atoms with E-state index in [-0.39, 0.29) is 11.6 Å². The molecule has 0 fully saturated rings. The Morgan fingerprint density at radius 1 is 1.07 bits per heavy atom. The molecule has 27 heavy (non-hydrogen) atoms. The van der Waals surface area contributed by atoms with Gasteiger partial charge in [-0.3, -0.25) is 0 Å². The van der Waals surface area contributed by atoms with Gasteiger partial charge in [0.1, 0.15) is 17.8 Å². The molecule has 1 aromatic heterocycles. The molecule has 2 aromatic carbocycles. The molecular weight excluding hydrogens is 344 g/mol. The highest BCUT2D eigenvalue weighted by Gasteiger charge is 2.15. The number of hydrogen-bond acceptors (Lipinski definition) is 7. The number of anilines is 3. The van der Waals surface area contributed by atoms with Crippen LogP contribution in [0.15, 0.2) is 48.8 Å². The van der Waals surface area contributed by atoms with E-state index in [1.165, 1.54) is 13.4 Å². The number of rotatable bonds is 5. The SMILES string of the molecule is COC(=O)c1ccccc1Nc1ncnc(Oc2cc(C)cc(C)c2)c1N. The Kier molecular flexibility index (Phi) is 5.21. The molecule has 0 aliphatic heterocycles. The number of methoxy groups -OCH3 is 1. The normalized spacial score (nSPS) is 10.3. The predicted molar refractivity (Wildman–Crippen MR) is 103 cm³/mol. The molecular formula is C20H20N4O3. The van der Waals surface area contributed by atoms with Crippen molar-refractivity contribution in [1.82, 2.24) is 9.97 Å². The van der Waals surface area contributed by atoms with Crippen molar-refractivity contribution in [3.63, 3.8) is 0 Å². The van der Waals surface area contributed by atoms with Gasteiger partial charge in [-0.2, -0.15) is 4.98 Å². The van der Waals surface area contributed by atoms with Crippen molar-refractivity contribution in [3.8, 4) is 11.6 Å². The van der Waals surface area contributed by atoms with Crippen LogP contribution >= 0.6 is 0 Å². The average Bonchev–Trinajstić information content (AvgIpc) is 2.64. The summed E-state index contributed by atoms with van der Waals surface area (Å²) in [5.41, 5.74) is 9.45. The molecule has 0 aliphatic carbocycles. The minimum Gasteiger partial charge on any atom is -0.465 e. The molecule has 0 bridgehead atoms. The van der Waals surface area contributed by atoms with Crippen LogP contribution in [0, 0.1) is 13.8 Å². The fourth-order valence-electron chi connectivity index (χ4n) is 2.67. The quantitative estimate of drug-likeness (QED) is 0.660. The molecule has 0 amide bonds. The van der Waals surface area contributed by atoms with Crippen LogP contribution in [0.5, 0.6) is 11.6 Å². The molecule has 0 spiro atoms. The minimum absolute atomic E-state index is 0.230. The maximum atomic E-state index is 11.9. The van der Waals surface area contributed by atoms with Crippen molar-refractivity contribution in [2.24, 2.45) is 0 Å². The summed E-state index contributed by atoms with van der Waals surface area (Å²) < 4.78 is 10.6. The maximum Gasteiger partial charge on any atom is 0.339 e. The number of nitrogens with two attached hydrogens (primary N) is 1. The zero-order chi connectivity index (χ0) is 19.4. The van der Waals surface area contributed by atoms with Crippen LogP contribution < -0.4 is 15.8 Å². The molecule has 1 heterocycles. The molecule has 0 aliphatic rings. The molecule has 0 atom stereocenters. The Labute approximate surface area is 157 Å². The lowest BCUT2D eigenvalue weighted by Gasteiger charge is -2.14. The number of nitrogens with zero attached hydrogens (tertiary/aromatic N) is 2. The first-order valence-corrected chi connectivity index (χ1v) is 8.29. The number of benzene rings is 2. The molecule has 0 radical (unpaired) electrons. The van der Waals surface area contributed by atoms with Crippen molar-refractivity contribution in [3.05, 3.63) is 65.5 Å². The lowest BCUT2D eigenvalue weighted by Crippen LogP contribution is -2.08. The summed E-state index contributed by atoms with van der Waals surface area (Å²) in [4.78, 5) is 20.2. The Balaban J connectivity index is 1.91. The standard InChI is InChI=1S/C20H20N4O3/c1-12-8-13(2)10-14(9-12)27-19-17(21)18(22-11-23-19)24-16-7-5-4-6-15(16)20(25)26-3/h4-11H,21H2,1-3H3,(H,22,23,24). The molecule has 0 saturated heterocycles. The smallest absolute Gasteiger partial charge is 0.339 e. The van der Waals surface area contributed by atoms with Crippen LogP contribution in [-0.4, -0.2) is 23.0 Å². The van der Waals surface area contributed by atoms with Crippen LogP contribution in [0.1, 0.15) is 21.5 Å². The Hall–Kier alpha value is -3.61. The van der Waals surface area contributed by atoms with Gasteiger partial charge < -0.3 is 20.5 Å². The summed E-state index contributed by atoms with van der Waals surface area (Å²) in [7, 11) is 1.33. The van der Waals surface area contributed by atoms with Crippen LogP contribution in [0.2, 0.25) is 0 Å². The summed E-state index contributed by atoms with van der Waals surface area (Å²) in [6.45, 7) is 3.97. The van der Waals surface area contributed by atoms with Gasteiger partial charge in [-0.25, -0.2) is 9.78 Å². The number of aromatic nitrogens is 2. The van der Waals surface area contributed by atoms with Gasteiger partial charge in [-0.15, -0.1) is 0 Å². The van der Waals surface area contributed by atoms with Crippen LogP contribution in [0.25, 0.3) is 0 Å². The van der Waals surface area contributed by atoms with E-state index in [2.05, 4.69) is 15.3 Å². The van der Waals surface area contributed by atoms with Gasteiger partial charge in [-0.05, 0) is 49.2 Å². The number of esters is 1. The van der Waals surface area contributed by atoms with E-state index in [1.807, 2.05) is 32.0 Å². The summed E-state index contributed by atoms with van der Waals surface area (Å²) in [5.74, 6) is 0.741. The molecule has 138 valence electrons. The minimum atomic E-state index is -0.461. The van der Waals surface area contributed by atoms with Gasteiger partial charge in [-0.1, -0.05) is 18.2 Å². The van der Waals surface area contributed by atoms with E-state index in [9.17, 15) is 4.79 Å². The number of hydrogen-bond donors (Lipinski definition) is 2. The van der Waals surface area contributed by atoms with Crippen molar-refractivity contribution < 1.29 is 14.3 Å². The number of nitrogens with one attached hydrogen (secondary N) is 1. The van der Waals surface area contributed by atoms with Gasteiger partial charge >= 0.3 is 5.97 Å². The highest BCUT2D eigenvalue weighted by molar-refractivity contribution is 5.96. The second-order valence-corrected chi connectivity index (χ2v) is 6.03. The Bertz CT molecular complexity index is 968. The summed E-state index contributed by atoms with van der Waals surface area (Å²) in [6, 6.07) is 12.8. The van der Waals surface area contributed by atoms with E-state index >= 15 is 0 Å². The first kappa shape index (κ1) is 18.2. The van der Waals surface area contributed by atoms with E-state index < -0.39 is 5.97 Å². The molecule has 7 heteroatoms. The summed E-state index contributed by atoms with van der Waals surface area (Å²) in [6.07, 6.45) is 1.34. The van der Waals surface area contributed by atoms with Gasteiger partial charge in [0.05, 0.1) is 18.4 Å². The third kappa shape index (κ3) is 4.14. The van der Waals surface area contributed by atoms with Gasteiger partial charge in [0, 0.05) is 0 Å². The van der Waals surface area contributed by atoms with Gasteiger partial charge in [0.2, 0.25) is 5.88 Å². The number of carbonyl (C=O) groups is 1. The van der Waals surface area contributed by atoms with E-state index in [4.69, 9.17) is 15.2 Å². The lowest BCUT2D eigenvalue weighted by atomic mass is 10.1. The Morgan fingerprint density at radius 2 is 1.78 bits per heavy atom. The van der Waals surface area contributed by atoms with Crippen molar-refractivity contribution in [2.75, 3.05) is 18.2 Å². The van der Waals surface area contributed by atoms with E-state index in [0.717, 1.165) is 11.1 Å². The molecule has 0 saturated carbocycles. The highest BCUT2D eigenvalue weighted by Crippen LogP contribution is 2.32. The second-order valence-electron chi connectivity index (χ2n) is 6.03. The zero-order valence-electron chi connectivity index (χ0n) is 15.3. The topological polar surface area (TPSA) is 99.4 Å². The number of nitrogen functional groups attached to an aromatic ring is 1. The summed E-state index contributed by atoms with van der Waals surface area (Å²) in [5, 5.41) is 3.05. The van der Waals surface area contributed by atoms with Crippen molar-refractivity contribution in [1.29, 1.82) is 0 Å². The first-order chi connectivity index (χ1) is 13.0. The molecule has 3 aromatic rings. The summed E-state index contributed by atoms with van der Waals surface area (Å²) >= 11 is 0. The fourth-order valence-corrected chi connectivity index (χ4v) is 2.67. The maximum absolute atomic E-state index is 11.9. The molecule has 3 rings (SSSR count).